The Labute approximate surface area is 118 Å². The summed E-state index contributed by atoms with van der Waals surface area (Å²) in [6, 6.07) is 0.131. The molecule has 1 aliphatic heterocycles. The molecule has 2 heterocycles. The molecule has 0 spiro atoms. The number of likely N-dealkylation sites (tertiary alicyclic amines) is 1. The van der Waals surface area contributed by atoms with E-state index in [4.69, 9.17) is 10.5 Å². The van der Waals surface area contributed by atoms with Gasteiger partial charge in [-0.1, -0.05) is 0 Å². The fourth-order valence-corrected chi connectivity index (χ4v) is 1.97. The number of nitrogens with two attached hydrogens (primary N) is 1. The molecule has 0 radical (unpaired) electrons. The fraction of sp³-hybridized carbons (Fsp3) is 0.615. The highest BCUT2D eigenvalue weighted by molar-refractivity contribution is 5.68. The summed E-state index contributed by atoms with van der Waals surface area (Å²) in [5.74, 6) is 0.523. The standard InChI is InChI=1S/C13H21N5O2/c1-13(2,3)20-12(19)18-5-4-10(8-18)17-11-15-6-9(14)7-16-11/h6-7,10H,4-5,8,14H2,1-3H3,(H,15,16,17). The van der Waals surface area contributed by atoms with Gasteiger partial charge in [0, 0.05) is 19.1 Å². The topological polar surface area (TPSA) is 93.4 Å². The average Bonchev–Trinajstić information content (AvgIpc) is 2.79. The van der Waals surface area contributed by atoms with Crippen LogP contribution in [0.2, 0.25) is 0 Å². The van der Waals surface area contributed by atoms with Gasteiger partial charge >= 0.3 is 6.09 Å². The van der Waals surface area contributed by atoms with Crippen molar-refractivity contribution < 1.29 is 9.53 Å². The molecule has 110 valence electrons. The Morgan fingerprint density at radius 2 is 2.10 bits per heavy atom. The van der Waals surface area contributed by atoms with Crippen LogP contribution < -0.4 is 11.1 Å². The second-order valence-corrected chi connectivity index (χ2v) is 5.90. The normalized spacial score (nSPS) is 18.9. The molecule has 20 heavy (non-hydrogen) atoms. The number of rotatable bonds is 2. The van der Waals surface area contributed by atoms with E-state index in [0.717, 1.165) is 6.42 Å². The van der Waals surface area contributed by atoms with Crippen LogP contribution >= 0.6 is 0 Å². The monoisotopic (exact) mass is 279 g/mol. The zero-order chi connectivity index (χ0) is 14.8. The first-order chi connectivity index (χ1) is 9.33. The van der Waals surface area contributed by atoms with Gasteiger partial charge in [-0.3, -0.25) is 0 Å². The lowest BCUT2D eigenvalue weighted by Crippen LogP contribution is -2.36. The molecule has 7 heteroatoms. The molecule has 1 aliphatic rings. The van der Waals surface area contributed by atoms with Gasteiger partial charge < -0.3 is 20.7 Å². The van der Waals surface area contributed by atoms with Crippen molar-refractivity contribution in [2.75, 3.05) is 24.1 Å². The summed E-state index contributed by atoms with van der Waals surface area (Å²) in [5, 5.41) is 3.19. The van der Waals surface area contributed by atoms with Crippen molar-refractivity contribution in [3.8, 4) is 0 Å². The van der Waals surface area contributed by atoms with E-state index in [1.807, 2.05) is 20.8 Å². The van der Waals surface area contributed by atoms with E-state index in [9.17, 15) is 4.79 Å². The number of carbonyl (C=O) groups excluding carboxylic acids is 1. The summed E-state index contributed by atoms with van der Waals surface area (Å²) >= 11 is 0. The zero-order valence-corrected chi connectivity index (χ0v) is 12.1. The maximum atomic E-state index is 11.9. The Bertz CT molecular complexity index is 469. The van der Waals surface area contributed by atoms with Gasteiger partial charge in [-0.05, 0) is 27.2 Å². The molecule has 1 fully saturated rings. The molecule has 1 unspecified atom stereocenters. The molecular formula is C13H21N5O2. The van der Waals surface area contributed by atoms with Gasteiger partial charge in [-0.2, -0.15) is 0 Å². The molecule has 1 amide bonds. The summed E-state index contributed by atoms with van der Waals surface area (Å²) in [4.78, 5) is 21.8. The smallest absolute Gasteiger partial charge is 0.410 e. The number of hydrogen-bond donors (Lipinski definition) is 2. The first-order valence-electron chi connectivity index (χ1n) is 6.65. The SMILES string of the molecule is CC(C)(C)OC(=O)N1CCC(Nc2ncc(N)cn2)C1. The summed E-state index contributed by atoms with van der Waals surface area (Å²) in [5.41, 5.74) is 5.59. The van der Waals surface area contributed by atoms with Crippen molar-refractivity contribution >= 4 is 17.7 Å². The largest absolute Gasteiger partial charge is 0.444 e. The average molecular weight is 279 g/mol. The van der Waals surface area contributed by atoms with E-state index in [0.29, 0.717) is 24.7 Å². The van der Waals surface area contributed by atoms with Crippen LogP contribution in [0.1, 0.15) is 27.2 Å². The van der Waals surface area contributed by atoms with E-state index in [1.54, 1.807) is 17.3 Å². The van der Waals surface area contributed by atoms with Gasteiger partial charge in [-0.15, -0.1) is 0 Å². The quantitative estimate of drug-likeness (QED) is 0.851. The maximum absolute atomic E-state index is 11.9. The summed E-state index contributed by atoms with van der Waals surface area (Å²) < 4.78 is 5.35. The number of carbonyl (C=O) groups is 1. The lowest BCUT2D eigenvalue weighted by Gasteiger charge is -2.24. The highest BCUT2D eigenvalue weighted by Gasteiger charge is 2.29. The summed E-state index contributed by atoms with van der Waals surface area (Å²) in [6.45, 7) is 6.83. The summed E-state index contributed by atoms with van der Waals surface area (Å²) in [7, 11) is 0. The molecule has 0 aromatic carbocycles. The molecule has 1 aromatic heterocycles. The van der Waals surface area contributed by atoms with Gasteiger partial charge in [0.2, 0.25) is 5.95 Å². The van der Waals surface area contributed by atoms with E-state index in [1.165, 1.54) is 0 Å². The van der Waals surface area contributed by atoms with Gasteiger partial charge in [-0.25, -0.2) is 14.8 Å². The predicted octanol–water partition coefficient (Wildman–Crippen LogP) is 1.48. The van der Waals surface area contributed by atoms with Gasteiger partial charge in [0.15, 0.2) is 0 Å². The molecule has 2 rings (SSSR count). The lowest BCUT2D eigenvalue weighted by atomic mass is 10.2. The van der Waals surface area contributed by atoms with Crippen molar-refractivity contribution in [2.24, 2.45) is 0 Å². The maximum Gasteiger partial charge on any atom is 0.410 e. The first kappa shape index (κ1) is 14.4. The number of anilines is 2. The number of nitrogens with one attached hydrogen (secondary N) is 1. The minimum absolute atomic E-state index is 0.131. The van der Waals surface area contributed by atoms with E-state index in [-0.39, 0.29) is 12.1 Å². The second-order valence-electron chi connectivity index (χ2n) is 5.90. The Morgan fingerprint density at radius 1 is 1.45 bits per heavy atom. The number of nitrogen functional groups attached to an aromatic ring is 1. The van der Waals surface area contributed by atoms with Gasteiger partial charge in [0.25, 0.3) is 0 Å². The van der Waals surface area contributed by atoms with Crippen LogP contribution in [0.3, 0.4) is 0 Å². The molecule has 0 aliphatic carbocycles. The van der Waals surface area contributed by atoms with Crippen LogP contribution in [-0.4, -0.2) is 45.7 Å². The van der Waals surface area contributed by atoms with Crippen LogP contribution in [0.15, 0.2) is 12.4 Å². The van der Waals surface area contributed by atoms with Crippen LogP contribution in [-0.2, 0) is 4.74 Å². The molecule has 0 bridgehead atoms. The third-order valence-electron chi connectivity index (χ3n) is 2.84. The molecule has 1 saturated heterocycles. The first-order valence-corrected chi connectivity index (χ1v) is 6.65. The molecule has 3 N–H and O–H groups in total. The van der Waals surface area contributed by atoms with Crippen LogP contribution in [0.4, 0.5) is 16.4 Å². The minimum atomic E-state index is -0.470. The minimum Gasteiger partial charge on any atom is -0.444 e. The number of amides is 1. The molecule has 1 aromatic rings. The van der Waals surface area contributed by atoms with Crippen molar-refractivity contribution in [2.45, 2.75) is 38.8 Å². The van der Waals surface area contributed by atoms with E-state index in [2.05, 4.69) is 15.3 Å². The zero-order valence-electron chi connectivity index (χ0n) is 12.1. The summed E-state index contributed by atoms with van der Waals surface area (Å²) in [6.07, 6.45) is 3.67. The van der Waals surface area contributed by atoms with Crippen LogP contribution in [0.25, 0.3) is 0 Å². The van der Waals surface area contributed by atoms with E-state index < -0.39 is 5.60 Å². The van der Waals surface area contributed by atoms with Crippen molar-refractivity contribution in [3.63, 3.8) is 0 Å². The highest BCUT2D eigenvalue weighted by Crippen LogP contribution is 2.17. The fourth-order valence-electron chi connectivity index (χ4n) is 1.97. The Balaban J connectivity index is 1.86. The van der Waals surface area contributed by atoms with Gasteiger partial charge in [0.1, 0.15) is 5.60 Å². The second kappa shape index (κ2) is 5.52. The van der Waals surface area contributed by atoms with Crippen molar-refractivity contribution in [3.05, 3.63) is 12.4 Å². The number of aromatic nitrogens is 2. The Hall–Kier alpha value is -2.05. The molecular weight excluding hydrogens is 258 g/mol. The third kappa shape index (κ3) is 3.97. The Kier molecular flexibility index (Phi) is 3.96. The molecule has 7 nitrogen and oxygen atoms in total. The highest BCUT2D eigenvalue weighted by atomic mass is 16.6. The van der Waals surface area contributed by atoms with Gasteiger partial charge in [0.05, 0.1) is 18.1 Å². The lowest BCUT2D eigenvalue weighted by molar-refractivity contribution is 0.0293. The Morgan fingerprint density at radius 3 is 2.70 bits per heavy atom. The number of hydrogen-bond acceptors (Lipinski definition) is 6. The van der Waals surface area contributed by atoms with Crippen molar-refractivity contribution in [1.82, 2.24) is 14.9 Å². The molecule has 1 atom stereocenters. The van der Waals surface area contributed by atoms with Crippen LogP contribution in [0.5, 0.6) is 0 Å². The van der Waals surface area contributed by atoms with E-state index >= 15 is 0 Å². The number of ether oxygens (including phenoxy) is 1. The number of nitrogens with zero attached hydrogens (tertiary/aromatic N) is 3. The third-order valence-corrected chi connectivity index (χ3v) is 2.84. The predicted molar refractivity (Wildman–Crippen MR) is 76.3 cm³/mol. The van der Waals surface area contributed by atoms with Crippen LogP contribution in [0, 0.1) is 0 Å². The van der Waals surface area contributed by atoms with Crippen molar-refractivity contribution in [1.29, 1.82) is 0 Å². The molecule has 0 saturated carbocycles.